The highest BCUT2D eigenvalue weighted by atomic mass is 16.5. The first-order chi connectivity index (χ1) is 13.6. The lowest BCUT2D eigenvalue weighted by molar-refractivity contribution is -0.121. The number of morpholine rings is 1. The van der Waals surface area contributed by atoms with Crippen LogP contribution in [0.3, 0.4) is 0 Å². The van der Waals surface area contributed by atoms with Crippen LogP contribution < -0.4 is 5.32 Å². The molecule has 0 bridgehead atoms. The van der Waals surface area contributed by atoms with Gasteiger partial charge in [0.05, 0.1) is 13.2 Å². The largest absolute Gasteiger partial charge is 0.379 e. The fourth-order valence-corrected chi connectivity index (χ4v) is 3.91. The van der Waals surface area contributed by atoms with E-state index in [1.165, 1.54) is 5.56 Å². The fraction of sp³-hybridized carbons (Fsp3) is 0.636. The minimum Gasteiger partial charge on any atom is -0.379 e. The summed E-state index contributed by atoms with van der Waals surface area (Å²) in [7, 11) is 0. The monoisotopic (exact) mass is 387 g/mol. The first kappa shape index (κ1) is 20.8. The first-order valence-electron chi connectivity index (χ1n) is 10.5. The molecule has 0 atom stereocenters. The van der Waals surface area contributed by atoms with E-state index in [4.69, 9.17) is 4.74 Å². The zero-order chi connectivity index (χ0) is 19.8. The van der Waals surface area contributed by atoms with Crippen LogP contribution in [0.5, 0.6) is 0 Å². The smallest absolute Gasteiger partial charge is 0.253 e. The number of likely N-dealkylation sites (tertiary alicyclic amines) is 1. The van der Waals surface area contributed by atoms with Gasteiger partial charge in [0.1, 0.15) is 0 Å². The number of rotatable bonds is 7. The summed E-state index contributed by atoms with van der Waals surface area (Å²) >= 11 is 0. The number of benzene rings is 1. The molecule has 1 N–H and O–H groups in total. The fourth-order valence-electron chi connectivity index (χ4n) is 3.91. The Kier molecular flexibility index (Phi) is 7.86. The molecule has 2 saturated heterocycles. The van der Waals surface area contributed by atoms with Gasteiger partial charge in [0, 0.05) is 51.3 Å². The number of carbonyl (C=O) groups excluding carboxylic acids is 2. The van der Waals surface area contributed by atoms with Gasteiger partial charge in [-0.3, -0.25) is 14.5 Å². The maximum atomic E-state index is 12.6. The molecule has 2 heterocycles. The van der Waals surface area contributed by atoms with E-state index in [9.17, 15) is 9.59 Å². The van der Waals surface area contributed by atoms with E-state index >= 15 is 0 Å². The summed E-state index contributed by atoms with van der Waals surface area (Å²) < 4.78 is 5.33. The normalized spacial score (nSPS) is 18.8. The van der Waals surface area contributed by atoms with Crippen molar-refractivity contribution in [2.45, 2.75) is 32.6 Å². The van der Waals surface area contributed by atoms with Crippen LogP contribution in [-0.4, -0.2) is 74.1 Å². The van der Waals surface area contributed by atoms with E-state index in [2.05, 4.69) is 10.2 Å². The molecule has 0 radical (unpaired) electrons. The summed E-state index contributed by atoms with van der Waals surface area (Å²) in [6.45, 7) is 8.70. The van der Waals surface area contributed by atoms with E-state index in [1.807, 2.05) is 36.1 Å². The second kappa shape index (κ2) is 10.6. The van der Waals surface area contributed by atoms with Gasteiger partial charge in [-0.15, -0.1) is 0 Å². The van der Waals surface area contributed by atoms with Crippen molar-refractivity contribution in [3.8, 4) is 0 Å². The Labute approximate surface area is 168 Å². The Balaban J connectivity index is 1.30. The zero-order valence-electron chi connectivity index (χ0n) is 17.0. The molecule has 28 heavy (non-hydrogen) atoms. The Morgan fingerprint density at radius 3 is 2.43 bits per heavy atom. The third kappa shape index (κ3) is 6.31. The number of nitrogens with zero attached hydrogens (tertiary/aromatic N) is 2. The molecule has 154 valence electrons. The summed E-state index contributed by atoms with van der Waals surface area (Å²) in [4.78, 5) is 28.9. The maximum absolute atomic E-state index is 12.6. The number of nitrogens with one attached hydrogen (secondary N) is 1. The van der Waals surface area contributed by atoms with Crippen LogP contribution in [0.1, 0.15) is 41.6 Å². The third-order valence-corrected chi connectivity index (χ3v) is 5.83. The standard InChI is InChI=1S/C22H33N3O3/c1-18-2-5-20(6-3-18)22(27)25-11-8-19(9-12-25)4-7-21(26)23-10-13-24-14-16-28-17-15-24/h2-3,5-6,19H,4,7-17H2,1H3,(H,23,26). The molecule has 6 nitrogen and oxygen atoms in total. The lowest BCUT2D eigenvalue weighted by Gasteiger charge is -2.32. The quantitative estimate of drug-likeness (QED) is 0.778. The van der Waals surface area contributed by atoms with Gasteiger partial charge in [0.15, 0.2) is 0 Å². The second-order valence-corrected chi connectivity index (χ2v) is 7.94. The van der Waals surface area contributed by atoms with Crippen molar-refractivity contribution >= 4 is 11.8 Å². The molecule has 2 aliphatic heterocycles. The molecule has 0 aromatic heterocycles. The SMILES string of the molecule is Cc1ccc(C(=O)N2CCC(CCC(=O)NCCN3CCOCC3)CC2)cc1. The van der Waals surface area contributed by atoms with E-state index < -0.39 is 0 Å². The summed E-state index contributed by atoms with van der Waals surface area (Å²) in [5.74, 6) is 0.804. The molecule has 3 rings (SSSR count). The highest BCUT2D eigenvalue weighted by molar-refractivity contribution is 5.94. The van der Waals surface area contributed by atoms with E-state index in [0.717, 1.165) is 70.8 Å². The Hall–Kier alpha value is -1.92. The van der Waals surface area contributed by atoms with Crippen molar-refractivity contribution < 1.29 is 14.3 Å². The van der Waals surface area contributed by atoms with Crippen molar-refractivity contribution in [1.82, 2.24) is 15.1 Å². The number of amides is 2. The molecule has 0 aliphatic carbocycles. The van der Waals surface area contributed by atoms with Crippen molar-refractivity contribution in [1.29, 1.82) is 0 Å². The molecule has 2 fully saturated rings. The van der Waals surface area contributed by atoms with E-state index in [-0.39, 0.29) is 11.8 Å². The summed E-state index contributed by atoms with van der Waals surface area (Å²) in [5, 5.41) is 3.04. The lowest BCUT2D eigenvalue weighted by atomic mass is 9.91. The zero-order valence-corrected chi connectivity index (χ0v) is 17.0. The average Bonchev–Trinajstić information content (AvgIpc) is 2.73. The first-order valence-corrected chi connectivity index (χ1v) is 10.5. The van der Waals surface area contributed by atoms with Crippen molar-refractivity contribution in [3.05, 3.63) is 35.4 Å². The van der Waals surface area contributed by atoms with Crippen LogP contribution in [0.25, 0.3) is 0 Å². The summed E-state index contributed by atoms with van der Waals surface area (Å²) in [6.07, 6.45) is 3.47. The van der Waals surface area contributed by atoms with Crippen molar-refractivity contribution in [3.63, 3.8) is 0 Å². The van der Waals surface area contributed by atoms with Crippen LogP contribution in [0.15, 0.2) is 24.3 Å². The maximum Gasteiger partial charge on any atom is 0.253 e. The molecule has 0 unspecified atom stereocenters. The lowest BCUT2D eigenvalue weighted by Crippen LogP contribution is -2.41. The molecule has 1 aromatic rings. The van der Waals surface area contributed by atoms with Crippen molar-refractivity contribution in [2.24, 2.45) is 5.92 Å². The van der Waals surface area contributed by atoms with E-state index in [0.29, 0.717) is 18.9 Å². The number of aryl methyl sites for hydroxylation is 1. The molecular weight excluding hydrogens is 354 g/mol. The highest BCUT2D eigenvalue weighted by Crippen LogP contribution is 2.23. The van der Waals surface area contributed by atoms with Gasteiger partial charge < -0.3 is 15.0 Å². The van der Waals surface area contributed by atoms with Gasteiger partial charge in [0.25, 0.3) is 5.91 Å². The Morgan fingerprint density at radius 1 is 1.07 bits per heavy atom. The van der Waals surface area contributed by atoms with Crippen LogP contribution in [-0.2, 0) is 9.53 Å². The second-order valence-electron chi connectivity index (χ2n) is 7.94. The van der Waals surface area contributed by atoms with Gasteiger partial charge in [-0.1, -0.05) is 17.7 Å². The Morgan fingerprint density at radius 2 is 1.75 bits per heavy atom. The summed E-state index contributed by atoms with van der Waals surface area (Å²) in [5.41, 5.74) is 1.93. The van der Waals surface area contributed by atoms with Crippen molar-refractivity contribution in [2.75, 3.05) is 52.5 Å². The minimum atomic E-state index is 0.124. The van der Waals surface area contributed by atoms with Crippen LogP contribution in [0.2, 0.25) is 0 Å². The van der Waals surface area contributed by atoms with Gasteiger partial charge in [-0.2, -0.15) is 0 Å². The summed E-state index contributed by atoms with van der Waals surface area (Å²) in [6, 6.07) is 7.78. The minimum absolute atomic E-state index is 0.124. The number of piperidine rings is 1. The molecule has 2 aliphatic rings. The number of carbonyl (C=O) groups is 2. The number of hydrogen-bond donors (Lipinski definition) is 1. The average molecular weight is 388 g/mol. The molecule has 2 amide bonds. The predicted octanol–water partition coefficient (Wildman–Crippen LogP) is 2.08. The Bertz CT molecular complexity index is 633. The van der Waals surface area contributed by atoms with Gasteiger partial charge in [0.2, 0.25) is 5.91 Å². The predicted molar refractivity (Wildman–Crippen MR) is 109 cm³/mol. The van der Waals surface area contributed by atoms with E-state index in [1.54, 1.807) is 0 Å². The number of hydrogen-bond acceptors (Lipinski definition) is 4. The molecule has 1 aromatic carbocycles. The molecule has 0 saturated carbocycles. The highest BCUT2D eigenvalue weighted by Gasteiger charge is 2.24. The van der Waals surface area contributed by atoms with Crippen LogP contribution in [0.4, 0.5) is 0 Å². The molecule has 0 spiro atoms. The van der Waals surface area contributed by atoms with Gasteiger partial charge in [-0.25, -0.2) is 0 Å². The topological polar surface area (TPSA) is 61.9 Å². The third-order valence-electron chi connectivity index (χ3n) is 5.83. The molecule has 6 heteroatoms. The van der Waals surface area contributed by atoms with Crippen LogP contribution in [0, 0.1) is 12.8 Å². The number of ether oxygens (including phenoxy) is 1. The van der Waals surface area contributed by atoms with Gasteiger partial charge >= 0.3 is 0 Å². The van der Waals surface area contributed by atoms with Crippen LogP contribution >= 0.6 is 0 Å². The molecular formula is C22H33N3O3. The van der Waals surface area contributed by atoms with Gasteiger partial charge in [-0.05, 0) is 44.2 Å².